The van der Waals surface area contributed by atoms with Gasteiger partial charge in [-0.25, -0.2) is 9.59 Å². The quantitative estimate of drug-likeness (QED) is 0.628. The SMILES string of the molecule is Cc1c(C(=O)O)cc(Br)c2c1OC(C)(C1CC3(CC(NC(=O)OC(C)(C)C)C3)C1)O2. The van der Waals surface area contributed by atoms with Gasteiger partial charge >= 0.3 is 12.1 Å². The van der Waals surface area contributed by atoms with Crippen molar-refractivity contribution in [1.29, 1.82) is 0 Å². The number of hydrogen-bond acceptors (Lipinski definition) is 5. The van der Waals surface area contributed by atoms with Crippen molar-refractivity contribution in [2.24, 2.45) is 11.3 Å². The third kappa shape index (κ3) is 3.63. The van der Waals surface area contributed by atoms with Gasteiger partial charge in [0.05, 0.1) is 10.0 Å². The van der Waals surface area contributed by atoms with Gasteiger partial charge in [0.15, 0.2) is 11.5 Å². The Morgan fingerprint density at radius 3 is 2.37 bits per heavy atom. The highest BCUT2D eigenvalue weighted by Gasteiger charge is 2.61. The second kappa shape index (κ2) is 6.77. The molecule has 0 bridgehead atoms. The van der Waals surface area contributed by atoms with Crippen molar-refractivity contribution in [2.45, 2.75) is 77.7 Å². The zero-order valence-corrected chi connectivity index (χ0v) is 19.5. The summed E-state index contributed by atoms with van der Waals surface area (Å²) in [6.07, 6.45) is 3.39. The highest BCUT2D eigenvalue weighted by atomic mass is 79.9. The molecule has 0 saturated heterocycles. The fourth-order valence-electron chi connectivity index (χ4n) is 4.99. The van der Waals surface area contributed by atoms with Crippen molar-refractivity contribution in [3.8, 4) is 11.5 Å². The topological polar surface area (TPSA) is 94.1 Å². The predicted octanol–water partition coefficient (Wildman–Crippen LogP) is 5.03. The van der Waals surface area contributed by atoms with Crippen LogP contribution in [0.5, 0.6) is 11.5 Å². The molecular formula is C22H28BrNO6. The Labute approximate surface area is 184 Å². The van der Waals surface area contributed by atoms with E-state index in [-0.39, 0.29) is 29.0 Å². The summed E-state index contributed by atoms with van der Waals surface area (Å²) in [5, 5.41) is 12.4. The van der Waals surface area contributed by atoms with E-state index in [2.05, 4.69) is 21.2 Å². The number of carbonyl (C=O) groups excluding carboxylic acids is 1. The van der Waals surface area contributed by atoms with E-state index in [1.165, 1.54) is 0 Å². The molecule has 0 radical (unpaired) electrons. The van der Waals surface area contributed by atoms with E-state index in [4.69, 9.17) is 14.2 Å². The van der Waals surface area contributed by atoms with Gasteiger partial charge in [0.1, 0.15) is 5.60 Å². The van der Waals surface area contributed by atoms with Crippen LogP contribution in [0.2, 0.25) is 0 Å². The standard InChI is InChI=1S/C22H28BrNO6/c1-11-14(18(25)26)6-15(23)17-16(11)28-21(5,29-17)12-7-22(8-12)9-13(10-22)24-19(27)30-20(2,3)4/h6,12-13H,7-10H2,1-5H3,(H,24,27)(H,25,26). The second-order valence-electron chi connectivity index (χ2n) is 10.1. The van der Waals surface area contributed by atoms with Crippen molar-refractivity contribution >= 4 is 28.0 Å². The van der Waals surface area contributed by atoms with E-state index in [0.717, 1.165) is 25.7 Å². The number of carboxylic acid groups (broad SMARTS) is 1. The molecule has 1 aromatic carbocycles. The molecule has 1 aromatic rings. The Balaban J connectivity index is 1.36. The van der Waals surface area contributed by atoms with Crippen LogP contribution in [-0.4, -0.2) is 34.6 Å². The molecule has 30 heavy (non-hydrogen) atoms. The molecule has 164 valence electrons. The third-order valence-corrected chi connectivity index (χ3v) is 7.05. The number of hydrogen-bond donors (Lipinski definition) is 2. The molecule has 1 aliphatic heterocycles. The van der Waals surface area contributed by atoms with Crippen molar-refractivity contribution in [2.75, 3.05) is 0 Å². The molecule has 8 heteroatoms. The van der Waals surface area contributed by atoms with Crippen LogP contribution >= 0.6 is 15.9 Å². The largest absolute Gasteiger partial charge is 0.478 e. The summed E-state index contributed by atoms with van der Waals surface area (Å²) < 4.78 is 18.3. The first kappa shape index (κ1) is 21.3. The van der Waals surface area contributed by atoms with Crippen molar-refractivity contribution < 1.29 is 28.9 Å². The summed E-state index contributed by atoms with van der Waals surface area (Å²) in [5.41, 5.74) is 0.492. The number of alkyl carbamates (subject to hydrolysis) is 1. The first-order chi connectivity index (χ1) is 13.8. The minimum atomic E-state index is -0.992. The van der Waals surface area contributed by atoms with Crippen LogP contribution in [0.4, 0.5) is 4.79 Å². The van der Waals surface area contributed by atoms with Gasteiger partial charge in [0.25, 0.3) is 5.79 Å². The maximum absolute atomic E-state index is 11.9. The monoisotopic (exact) mass is 481 g/mol. The highest BCUT2D eigenvalue weighted by molar-refractivity contribution is 9.10. The zero-order valence-electron chi connectivity index (χ0n) is 17.9. The Bertz CT molecular complexity index is 909. The van der Waals surface area contributed by atoms with Crippen molar-refractivity contribution in [1.82, 2.24) is 5.32 Å². The van der Waals surface area contributed by atoms with E-state index in [0.29, 0.717) is 21.5 Å². The minimum absolute atomic E-state index is 0.144. The first-order valence-electron chi connectivity index (χ1n) is 10.2. The number of fused-ring (bicyclic) bond motifs is 1. The van der Waals surface area contributed by atoms with E-state index >= 15 is 0 Å². The molecule has 7 nitrogen and oxygen atoms in total. The van der Waals surface area contributed by atoms with Gasteiger partial charge in [-0.1, -0.05) is 0 Å². The van der Waals surface area contributed by atoms with E-state index in [1.807, 2.05) is 27.7 Å². The summed E-state index contributed by atoms with van der Waals surface area (Å²) >= 11 is 3.42. The van der Waals surface area contributed by atoms with Gasteiger partial charge < -0.3 is 24.6 Å². The van der Waals surface area contributed by atoms with Gasteiger partial charge in [-0.05, 0) is 80.8 Å². The van der Waals surface area contributed by atoms with Crippen LogP contribution in [0.15, 0.2) is 10.5 Å². The fourth-order valence-corrected chi connectivity index (χ4v) is 5.48. The minimum Gasteiger partial charge on any atom is -0.478 e. The number of carboxylic acids is 1. The van der Waals surface area contributed by atoms with E-state index < -0.39 is 17.4 Å². The number of halogens is 1. The van der Waals surface area contributed by atoms with Gasteiger partial charge in [0.2, 0.25) is 0 Å². The first-order valence-corrected chi connectivity index (χ1v) is 11.0. The predicted molar refractivity (Wildman–Crippen MR) is 113 cm³/mol. The van der Waals surface area contributed by atoms with Crippen LogP contribution in [0.25, 0.3) is 0 Å². The zero-order chi connectivity index (χ0) is 22.1. The maximum atomic E-state index is 11.9. The average Bonchev–Trinajstić information content (AvgIpc) is 2.89. The number of nitrogens with one attached hydrogen (secondary N) is 1. The smallest absolute Gasteiger partial charge is 0.407 e. The molecule has 0 aromatic heterocycles. The summed E-state index contributed by atoms with van der Waals surface area (Å²) in [7, 11) is 0. The molecule has 2 fully saturated rings. The highest BCUT2D eigenvalue weighted by Crippen LogP contribution is 2.63. The molecule has 1 atom stereocenters. The molecule has 4 rings (SSSR count). The average molecular weight is 482 g/mol. The van der Waals surface area contributed by atoms with Crippen LogP contribution in [0.3, 0.4) is 0 Å². The summed E-state index contributed by atoms with van der Waals surface area (Å²) in [6.45, 7) is 9.22. The van der Waals surface area contributed by atoms with Crippen molar-refractivity contribution in [3.05, 3.63) is 21.7 Å². The Kier molecular flexibility index (Phi) is 4.80. The van der Waals surface area contributed by atoms with Gasteiger partial charge in [0, 0.05) is 24.4 Å². The second-order valence-corrected chi connectivity index (χ2v) is 10.9. The molecule has 3 aliphatic rings. The van der Waals surface area contributed by atoms with Crippen molar-refractivity contribution in [3.63, 3.8) is 0 Å². The number of benzene rings is 1. The van der Waals surface area contributed by atoms with Gasteiger partial charge in [-0.15, -0.1) is 0 Å². The molecular weight excluding hydrogens is 454 g/mol. The number of aromatic carboxylic acids is 1. The van der Waals surface area contributed by atoms with Crippen LogP contribution in [0, 0.1) is 18.3 Å². The molecule has 1 spiro atoms. The molecule has 1 amide bonds. The molecule has 1 unspecified atom stereocenters. The van der Waals surface area contributed by atoms with E-state index in [9.17, 15) is 14.7 Å². The summed E-state index contributed by atoms with van der Waals surface area (Å²) in [4.78, 5) is 23.4. The Morgan fingerprint density at radius 2 is 1.80 bits per heavy atom. The van der Waals surface area contributed by atoms with Gasteiger partial charge in [-0.3, -0.25) is 0 Å². The lowest BCUT2D eigenvalue weighted by Gasteiger charge is -2.59. The number of rotatable bonds is 3. The molecule has 2 N–H and O–H groups in total. The number of amides is 1. The molecule has 2 saturated carbocycles. The number of ether oxygens (including phenoxy) is 3. The lowest BCUT2D eigenvalue weighted by atomic mass is 9.48. The third-order valence-electron chi connectivity index (χ3n) is 6.46. The lowest BCUT2D eigenvalue weighted by molar-refractivity contribution is -0.191. The number of carbonyl (C=O) groups is 2. The van der Waals surface area contributed by atoms with Crippen LogP contribution in [-0.2, 0) is 4.74 Å². The lowest BCUT2D eigenvalue weighted by Crippen LogP contribution is -2.61. The normalized spacial score (nSPS) is 31.7. The summed E-state index contributed by atoms with van der Waals surface area (Å²) in [6, 6.07) is 1.71. The Hall–Kier alpha value is -1.96. The molecule has 1 heterocycles. The van der Waals surface area contributed by atoms with Gasteiger partial charge in [-0.2, -0.15) is 0 Å². The van der Waals surface area contributed by atoms with E-state index in [1.54, 1.807) is 13.0 Å². The fraction of sp³-hybridized carbons (Fsp3) is 0.636. The molecule has 2 aliphatic carbocycles. The van der Waals surface area contributed by atoms with Crippen LogP contribution in [0.1, 0.15) is 69.3 Å². The summed E-state index contributed by atoms with van der Waals surface area (Å²) in [5.74, 6) is -0.537. The Morgan fingerprint density at radius 1 is 1.20 bits per heavy atom. The maximum Gasteiger partial charge on any atom is 0.407 e. The van der Waals surface area contributed by atoms with Crippen LogP contribution < -0.4 is 14.8 Å².